The van der Waals surface area contributed by atoms with Crippen LogP contribution in [0.2, 0.25) is 0 Å². The normalized spacial score (nSPS) is 17.1. The Kier molecular flexibility index (Phi) is 3.73. The Balaban J connectivity index is 1.56. The van der Waals surface area contributed by atoms with Gasteiger partial charge in [0.25, 0.3) is 0 Å². The molecule has 1 fully saturated rings. The number of carboxylic acids is 1. The quantitative estimate of drug-likeness (QED) is 0.547. The number of aromatic carboxylic acids is 1. The summed E-state index contributed by atoms with van der Waals surface area (Å²) in [6.07, 6.45) is 3.69. The molecule has 1 aliphatic heterocycles. The number of aromatic nitrogens is 2. The summed E-state index contributed by atoms with van der Waals surface area (Å²) in [5.74, 6) is -1.27. The van der Waals surface area contributed by atoms with Gasteiger partial charge in [0.05, 0.1) is 27.6 Å². The Bertz CT molecular complexity index is 1190. The van der Waals surface area contributed by atoms with Crippen LogP contribution in [0.1, 0.15) is 34.9 Å². The highest BCUT2D eigenvalue weighted by atomic mass is 32.1. The van der Waals surface area contributed by atoms with Crippen LogP contribution in [-0.4, -0.2) is 27.1 Å². The summed E-state index contributed by atoms with van der Waals surface area (Å²) in [5.41, 5.74) is 2.96. The second kappa shape index (κ2) is 6.14. The predicted molar refractivity (Wildman–Crippen MR) is 101 cm³/mol. The fraction of sp³-hybridized carbons (Fsp3) is 0.200. The first kappa shape index (κ1) is 16.4. The molecule has 2 aromatic carbocycles. The van der Waals surface area contributed by atoms with Crippen LogP contribution in [-0.2, 0) is 4.74 Å². The lowest BCUT2D eigenvalue weighted by Gasteiger charge is -2.10. The van der Waals surface area contributed by atoms with Crippen molar-refractivity contribution in [3.05, 3.63) is 59.5 Å². The van der Waals surface area contributed by atoms with Gasteiger partial charge in [0.15, 0.2) is 4.96 Å². The van der Waals surface area contributed by atoms with Crippen molar-refractivity contribution < 1.29 is 19.0 Å². The molecule has 1 N–H and O–H groups in total. The summed E-state index contributed by atoms with van der Waals surface area (Å²) in [6.45, 7) is 0.724. The third-order valence-electron chi connectivity index (χ3n) is 4.91. The van der Waals surface area contributed by atoms with Crippen molar-refractivity contribution in [1.29, 1.82) is 0 Å². The maximum Gasteiger partial charge on any atom is 0.335 e. The maximum absolute atomic E-state index is 14.7. The molecule has 2 aromatic heterocycles. The summed E-state index contributed by atoms with van der Waals surface area (Å²) in [6, 6.07) is 10.1. The van der Waals surface area contributed by atoms with E-state index in [1.54, 1.807) is 30.5 Å². The maximum atomic E-state index is 14.7. The minimum absolute atomic E-state index is 0.0218. The zero-order valence-electron chi connectivity index (χ0n) is 14.2. The monoisotopic (exact) mass is 382 g/mol. The minimum atomic E-state index is -0.961. The molecular formula is C20H15FN2O3S. The number of ether oxygens (including phenoxy) is 1. The highest BCUT2D eigenvalue weighted by molar-refractivity contribution is 7.23. The summed E-state index contributed by atoms with van der Waals surface area (Å²) in [5, 5.41) is 9.13. The number of carboxylic acid groups (broad SMARTS) is 1. The molecule has 0 aliphatic carbocycles. The Morgan fingerprint density at radius 1 is 1.30 bits per heavy atom. The molecule has 5 rings (SSSR count). The van der Waals surface area contributed by atoms with Gasteiger partial charge < -0.3 is 9.84 Å². The Hall–Kier alpha value is -2.77. The third kappa shape index (κ3) is 2.70. The summed E-state index contributed by atoms with van der Waals surface area (Å²) in [7, 11) is 0. The fourth-order valence-electron chi connectivity index (χ4n) is 3.54. The number of thiazole rings is 1. The van der Waals surface area contributed by atoms with E-state index in [0.717, 1.165) is 35.2 Å². The molecule has 0 bridgehead atoms. The zero-order valence-corrected chi connectivity index (χ0v) is 15.0. The van der Waals surface area contributed by atoms with Crippen molar-refractivity contribution in [1.82, 2.24) is 9.38 Å². The molecule has 0 unspecified atom stereocenters. The Morgan fingerprint density at radius 2 is 2.19 bits per heavy atom. The number of benzene rings is 2. The van der Waals surface area contributed by atoms with Gasteiger partial charge in [-0.3, -0.25) is 4.40 Å². The smallest absolute Gasteiger partial charge is 0.335 e. The van der Waals surface area contributed by atoms with E-state index in [-0.39, 0.29) is 17.5 Å². The summed E-state index contributed by atoms with van der Waals surface area (Å²) < 4.78 is 23.0. The lowest BCUT2D eigenvalue weighted by Crippen LogP contribution is -1.97. The van der Waals surface area contributed by atoms with Gasteiger partial charge >= 0.3 is 5.97 Å². The van der Waals surface area contributed by atoms with E-state index in [2.05, 4.69) is 4.98 Å². The largest absolute Gasteiger partial charge is 0.478 e. The van der Waals surface area contributed by atoms with Crippen molar-refractivity contribution >= 4 is 32.5 Å². The SMILES string of the molecule is O=C(O)c1ccc2c(c1)sc1nc(-c3ccc([C@H]4CCCO4)cc3F)cn12. The van der Waals surface area contributed by atoms with E-state index >= 15 is 0 Å². The van der Waals surface area contributed by atoms with Gasteiger partial charge in [-0.1, -0.05) is 17.4 Å². The van der Waals surface area contributed by atoms with Gasteiger partial charge in [0, 0.05) is 18.4 Å². The molecule has 5 nitrogen and oxygen atoms in total. The number of imidazole rings is 1. The van der Waals surface area contributed by atoms with Crippen LogP contribution in [0.3, 0.4) is 0 Å². The molecule has 0 spiro atoms. The number of hydrogen-bond donors (Lipinski definition) is 1. The van der Waals surface area contributed by atoms with Gasteiger partial charge in [-0.25, -0.2) is 14.2 Å². The van der Waals surface area contributed by atoms with E-state index in [4.69, 9.17) is 9.84 Å². The summed E-state index contributed by atoms with van der Waals surface area (Å²) >= 11 is 1.38. The first-order chi connectivity index (χ1) is 13.1. The number of halogens is 1. The number of fused-ring (bicyclic) bond motifs is 3. The van der Waals surface area contributed by atoms with Gasteiger partial charge in [0.1, 0.15) is 5.82 Å². The average Bonchev–Trinajstić information content (AvgIpc) is 3.37. The molecule has 1 saturated heterocycles. The topological polar surface area (TPSA) is 63.8 Å². The van der Waals surface area contributed by atoms with E-state index in [9.17, 15) is 9.18 Å². The Morgan fingerprint density at radius 3 is 2.93 bits per heavy atom. The molecule has 0 saturated carbocycles. The van der Waals surface area contributed by atoms with E-state index < -0.39 is 5.97 Å². The van der Waals surface area contributed by atoms with Crippen LogP contribution < -0.4 is 0 Å². The lowest BCUT2D eigenvalue weighted by molar-refractivity contribution is 0.0697. The fourth-order valence-corrected chi connectivity index (χ4v) is 4.59. The molecule has 4 aromatic rings. The Labute approximate surface area is 157 Å². The van der Waals surface area contributed by atoms with Crippen LogP contribution in [0, 0.1) is 5.82 Å². The van der Waals surface area contributed by atoms with E-state index in [0.29, 0.717) is 16.2 Å². The van der Waals surface area contributed by atoms with Crippen molar-refractivity contribution in [3.8, 4) is 11.3 Å². The second-order valence-corrected chi connectivity index (χ2v) is 7.62. The molecule has 0 amide bonds. The highest BCUT2D eigenvalue weighted by Gasteiger charge is 2.20. The van der Waals surface area contributed by atoms with Crippen LogP contribution in [0.15, 0.2) is 42.6 Å². The van der Waals surface area contributed by atoms with Crippen molar-refractivity contribution in [3.63, 3.8) is 0 Å². The predicted octanol–water partition coefficient (Wildman–Crippen LogP) is 4.90. The minimum Gasteiger partial charge on any atom is -0.478 e. The van der Waals surface area contributed by atoms with E-state index in [1.807, 2.05) is 10.5 Å². The van der Waals surface area contributed by atoms with Gasteiger partial charge in [0.2, 0.25) is 0 Å². The van der Waals surface area contributed by atoms with Crippen molar-refractivity contribution in [2.45, 2.75) is 18.9 Å². The number of hydrogen-bond acceptors (Lipinski definition) is 4. The molecule has 27 heavy (non-hydrogen) atoms. The van der Waals surface area contributed by atoms with Crippen LogP contribution in [0.5, 0.6) is 0 Å². The van der Waals surface area contributed by atoms with Crippen molar-refractivity contribution in [2.75, 3.05) is 6.61 Å². The standard InChI is InChI=1S/C20H15FN2O3S/c21-14-8-11(17-2-1-7-26-17)3-5-13(14)15-10-23-16-6-4-12(19(24)25)9-18(16)27-20(23)22-15/h3-6,8-10,17H,1-2,7H2,(H,24,25)/t17-/m1/s1. The first-order valence-electron chi connectivity index (χ1n) is 8.66. The van der Waals surface area contributed by atoms with Crippen molar-refractivity contribution in [2.24, 2.45) is 0 Å². The van der Waals surface area contributed by atoms with Crippen LogP contribution in [0.25, 0.3) is 26.4 Å². The third-order valence-corrected chi connectivity index (χ3v) is 5.93. The molecule has 1 aliphatic rings. The number of nitrogens with zero attached hydrogens (tertiary/aromatic N) is 2. The van der Waals surface area contributed by atoms with E-state index in [1.165, 1.54) is 17.4 Å². The van der Waals surface area contributed by atoms with Gasteiger partial charge in [-0.05, 0) is 48.7 Å². The first-order valence-corrected chi connectivity index (χ1v) is 9.48. The van der Waals surface area contributed by atoms with Gasteiger partial charge in [-0.2, -0.15) is 0 Å². The molecular weight excluding hydrogens is 367 g/mol. The second-order valence-electron chi connectivity index (χ2n) is 6.61. The highest BCUT2D eigenvalue weighted by Crippen LogP contribution is 2.34. The number of carbonyl (C=O) groups is 1. The van der Waals surface area contributed by atoms with Gasteiger partial charge in [-0.15, -0.1) is 0 Å². The van der Waals surface area contributed by atoms with Crippen LogP contribution in [0.4, 0.5) is 4.39 Å². The molecule has 3 heterocycles. The zero-order chi connectivity index (χ0) is 18.5. The molecule has 7 heteroatoms. The lowest BCUT2D eigenvalue weighted by atomic mass is 10.0. The average molecular weight is 382 g/mol. The molecule has 1 atom stereocenters. The summed E-state index contributed by atoms with van der Waals surface area (Å²) in [4.78, 5) is 16.4. The number of rotatable bonds is 3. The van der Waals surface area contributed by atoms with Crippen LogP contribution >= 0.6 is 11.3 Å². The molecule has 136 valence electrons. The molecule has 0 radical (unpaired) electrons.